The molecule has 2 aromatic rings. The molecular formula is C15H19N3O2S2. The Morgan fingerprint density at radius 3 is 2.95 bits per heavy atom. The summed E-state index contributed by atoms with van der Waals surface area (Å²) in [5, 5.41) is 11.3. The Morgan fingerprint density at radius 1 is 1.36 bits per heavy atom. The average Bonchev–Trinajstić information content (AvgIpc) is 2.93. The Balaban J connectivity index is 1.68. The van der Waals surface area contributed by atoms with E-state index in [2.05, 4.69) is 22.4 Å². The third-order valence-corrected chi connectivity index (χ3v) is 4.67. The maximum absolute atomic E-state index is 11.8. The van der Waals surface area contributed by atoms with Gasteiger partial charge < -0.3 is 10.1 Å². The van der Waals surface area contributed by atoms with Gasteiger partial charge in [0.2, 0.25) is 11.0 Å². The van der Waals surface area contributed by atoms with E-state index in [1.165, 1.54) is 11.3 Å². The van der Waals surface area contributed by atoms with E-state index in [0.717, 1.165) is 21.4 Å². The van der Waals surface area contributed by atoms with Crippen molar-refractivity contribution < 1.29 is 9.53 Å². The number of ether oxygens (including phenoxy) is 1. The molecular weight excluding hydrogens is 318 g/mol. The standard InChI is InChI=1S/C15H19N3O2S2/c1-3-21-15-18-17-14(22-15)16-13(19)9-6-10-20-12-8-5-4-7-11(12)2/h4-5,7-8H,3,6,9-10H2,1-2H3,(H,16,17,19). The van der Waals surface area contributed by atoms with E-state index >= 15 is 0 Å². The smallest absolute Gasteiger partial charge is 0.226 e. The summed E-state index contributed by atoms with van der Waals surface area (Å²) in [5.41, 5.74) is 1.10. The second-order valence-electron chi connectivity index (χ2n) is 4.57. The number of rotatable bonds is 8. The first-order valence-corrected chi connectivity index (χ1v) is 8.94. The third-order valence-electron chi connectivity index (χ3n) is 2.82. The van der Waals surface area contributed by atoms with Crippen LogP contribution >= 0.6 is 23.1 Å². The highest BCUT2D eigenvalue weighted by Gasteiger charge is 2.08. The van der Waals surface area contributed by atoms with Gasteiger partial charge in [-0.15, -0.1) is 10.2 Å². The first-order chi connectivity index (χ1) is 10.7. The lowest BCUT2D eigenvalue weighted by atomic mass is 10.2. The number of thioether (sulfide) groups is 1. The van der Waals surface area contributed by atoms with Crippen molar-refractivity contribution in [1.29, 1.82) is 0 Å². The highest BCUT2D eigenvalue weighted by atomic mass is 32.2. The lowest BCUT2D eigenvalue weighted by Gasteiger charge is -2.08. The lowest BCUT2D eigenvalue weighted by Crippen LogP contribution is -2.12. The van der Waals surface area contributed by atoms with Gasteiger partial charge in [-0.25, -0.2) is 0 Å². The van der Waals surface area contributed by atoms with Crippen molar-refractivity contribution >= 4 is 34.1 Å². The summed E-state index contributed by atoms with van der Waals surface area (Å²) in [4.78, 5) is 11.8. The summed E-state index contributed by atoms with van der Waals surface area (Å²) < 4.78 is 6.54. The number of amides is 1. The van der Waals surface area contributed by atoms with Crippen LogP contribution in [0.15, 0.2) is 28.6 Å². The van der Waals surface area contributed by atoms with Crippen molar-refractivity contribution in [3.63, 3.8) is 0 Å². The Bertz CT molecular complexity index is 616. The predicted octanol–water partition coefficient (Wildman–Crippen LogP) is 3.76. The van der Waals surface area contributed by atoms with Crippen LogP contribution in [0.1, 0.15) is 25.3 Å². The Labute approximate surface area is 138 Å². The fourth-order valence-corrected chi connectivity index (χ4v) is 3.42. The summed E-state index contributed by atoms with van der Waals surface area (Å²) >= 11 is 3.02. The van der Waals surface area contributed by atoms with Crippen LogP contribution in [0.5, 0.6) is 5.75 Å². The summed E-state index contributed by atoms with van der Waals surface area (Å²) in [6.45, 7) is 4.58. The molecule has 0 aliphatic carbocycles. The van der Waals surface area contributed by atoms with E-state index in [-0.39, 0.29) is 5.91 Å². The molecule has 1 N–H and O–H groups in total. The van der Waals surface area contributed by atoms with Crippen LogP contribution in [0.3, 0.4) is 0 Å². The van der Waals surface area contributed by atoms with E-state index in [9.17, 15) is 4.79 Å². The molecule has 0 atom stereocenters. The second-order valence-corrected chi connectivity index (χ2v) is 7.06. The molecule has 118 valence electrons. The van der Waals surface area contributed by atoms with Gasteiger partial charge in [0.25, 0.3) is 0 Å². The van der Waals surface area contributed by atoms with Gasteiger partial charge in [-0.1, -0.05) is 48.2 Å². The van der Waals surface area contributed by atoms with Crippen LogP contribution < -0.4 is 10.1 Å². The second kappa shape index (κ2) is 8.75. The number of aryl methyl sites for hydroxylation is 1. The summed E-state index contributed by atoms with van der Waals surface area (Å²) in [5.74, 6) is 1.75. The van der Waals surface area contributed by atoms with Gasteiger partial charge in [0.15, 0.2) is 4.34 Å². The van der Waals surface area contributed by atoms with Crippen LogP contribution in [0, 0.1) is 6.92 Å². The number of nitrogens with one attached hydrogen (secondary N) is 1. The molecule has 1 aromatic carbocycles. The highest BCUT2D eigenvalue weighted by Crippen LogP contribution is 2.25. The van der Waals surface area contributed by atoms with Crippen molar-refractivity contribution in [2.24, 2.45) is 0 Å². The molecule has 0 saturated heterocycles. The molecule has 1 amide bonds. The van der Waals surface area contributed by atoms with Crippen LogP contribution in [0.25, 0.3) is 0 Å². The minimum absolute atomic E-state index is 0.0578. The number of hydrogen-bond donors (Lipinski definition) is 1. The van der Waals surface area contributed by atoms with Crippen molar-refractivity contribution in [3.05, 3.63) is 29.8 Å². The predicted molar refractivity (Wildman–Crippen MR) is 90.8 cm³/mol. The third kappa shape index (κ3) is 5.31. The van der Waals surface area contributed by atoms with Gasteiger partial charge in [0, 0.05) is 6.42 Å². The van der Waals surface area contributed by atoms with Crippen molar-refractivity contribution in [2.75, 3.05) is 17.7 Å². The van der Waals surface area contributed by atoms with Gasteiger partial charge >= 0.3 is 0 Å². The number of hydrogen-bond acceptors (Lipinski definition) is 6. The number of benzene rings is 1. The number of carbonyl (C=O) groups is 1. The van der Waals surface area contributed by atoms with Crippen LogP contribution in [-0.4, -0.2) is 28.5 Å². The average molecular weight is 337 g/mol. The number of aromatic nitrogens is 2. The maximum Gasteiger partial charge on any atom is 0.226 e. The number of carbonyl (C=O) groups excluding carboxylic acids is 1. The van der Waals surface area contributed by atoms with Gasteiger partial charge in [-0.3, -0.25) is 4.79 Å². The zero-order chi connectivity index (χ0) is 15.8. The number of nitrogens with zero attached hydrogens (tertiary/aromatic N) is 2. The molecule has 5 nitrogen and oxygen atoms in total. The minimum atomic E-state index is -0.0578. The summed E-state index contributed by atoms with van der Waals surface area (Å²) in [7, 11) is 0. The SMILES string of the molecule is CCSc1nnc(NC(=O)CCCOc2ccccc2C)s1. The Hall–Kier alpha value is -1.60. The van der Waals surface area contributed by atoms with Crippen molar-refractivity contribution in [2.45, 2.75) is 31.0 Å². The topological polar surface area (TPSA) is 64.1 Å². The summed E-state index contributed by atoms with van der Waals surface area (Å²) in [6.07, 6.45) is 1.07. The van der Waals surface area contributed by atoms with Crippen molar-refractivity contribution in [3.8, 4) is 5.75 Å². The first-order valence-electron chi connectivity index (χ1n) is 7.13. The number of para-hydroxylation sites is 1. The normalized spacial score (nSPS) is 10.5. The molecule has 2 rings (SSSR count). The van der Waals surface area contributed by atoms with Gasteiger partial charge in [0.05, 0.1) is 6.61 Å². The molecule has 0 saturated carbocycles. The van der Waals surface area contributed by atoms with Crippen LogP contribution in [0.2, 0.25) is 0 Å². The highest BCUT2D eigenvalue weighted by molar-refractivity contribution is 8.01. The quantitative estimate of drug-likeness (QED) is 0.451. The van der Waals surface area contributed by atoms with Crippen molar-refractivity contribution in [1.82, 2.24) is 10.2 Å². The lowest BCUT2D eigenvalue weighted by molar-refractivity contribution is -0.116. The van der Waals surface area contributed by atoms with E-state index in [1.807, 2.05) is 31.2 Å². The van der Waals surface area contributed by atoms with Gasteiger partial charge in [-0.2, -0.15) is 0 Å². The molecule has 1 aromatic heterocycles. The molecule has 0 radical (unpaired) electrons. The fourth-order valence-electron chi connectivity index (χ4n) is 1.76. The first kappa shape index (κ1) is 16.8. The minimum Gasteiger partial charge on any atom is -0.493 e. The van der Waals surface area contributed by atoms with Crippen LogP contribution in [-0.2, 0) is 4.79 Å². The van der Waals surface area contributed by atoms with E-state index in [1.54, 1.807) is 11.8 Å². The zero-order valence-electron chi connectivity index (χ0n) is 12.7. The molecule has 0 fully saturated rings. The molecule has 0 bridgehead atoms. The summed E-state index contributed by atoms with van der Waals surface area (Å²) in [6, 6.07) is 7.85. The maximum atomic E-state index is 11.8. The Morgan fingerprint density at radius 2 is 2.18 bits per heavy atom. The van der Waals surface area contributed by atoms with Gasteiger partial charge in [-0.05, 0) is 30.7 Å². The largest absolute Gasteiger partial charge is 0.493 e. The van der Waals surface area contributed by atoms with E-state index in [4.69, 9.17) is 4.74 Å². The molecule has 1 heterocycles. The zero-order valence-corrected chi connectivity index (χ0v) is 14.3. The molecule has 0 spiro atoms. The molecule has 7 heteroatoms. The fraction of sp³-hybridized carbons (Fsp3) is 0.400. The Kier molecular flexibility index (Phi) is 6.67. The molecule has 0 unspecified atom stereocenters. The number of anilines is 1. The monoisotopic (exact) mass is 337 g/mol. The molecule has 22 heavy (non-hydrogen) atoms. The van der Waals surface area contributed by atoms with E-state index < -0.39 is 0 Å². The molecule has 0 aliphatic heterocycles. The van der Waals surface area contributed by atoms with Crippen LogP contribution in [0.4, 0.5) is 5.13 Å². The van der Waals surface area contributed by atoms with Gasteiger partial charge in [0.1, 0.15) is 5.75 Å². The van der Waals surface area contributed by atoms with E-state index in [0.29, 0.717) is 24.6 Å². The molecule has 0 aliphatic rings.